The highest BCUT2D eigenvalue weighted by Gasteiger charge is 2.27. The summed E-state index contributed by atoms with van der Waals surface area (Å²) in [6.45, 7) is 1.17. The van der Waals surface area contributed by atoms with Gasteiger partial charge in [0, 0.05) is 31.0 Å². The minimum atomic E-state index is -0.294. The van der Waals surface area contributed by atoms with Crippen LogP contribution in [0.15, 0.2) is 36.8 Å². The number of ether oxygens (including phenoxy) is 2. The van der Waals surface area contributed by atoms with Crippen molar-refractivity contribution in [3.8, 4) is 17.0 Å². The van der Waals surface area contributed by atoms with E-state index in [9.17, 15) is 4.79 Å². The molecular weight excluding hydrogens is 306 g/mol. The van der Waals surface area contributed by atoms with E-state index in [1.165, 1.54) is 0 Å². The zero-order chi connectivity index (χ0) is 16.4. The SMILES string of the molecule is O=C(NC[C@H]1Cc2cc(-c3cnccn3)ccc2O1)[C@@H]1CCCO1. The fraction of sp³-hybridized carbons (Fsp3) is 0.389. The molecule has 1 aromatic heterocycles. The number of aromatic nitrogens is 2. The summed E-state index contributed by atoms with van der Waals surface area (Å²) in [5, 5.41) is 2.94. The van der Waals surface area contributed by atoms with Gasteiger partial charge in [0.05, 0.1) is 18.4 Å². The van der Waals surface area contributed by atoms with E-state index in [4.69, 9.17) is 9.47 Å². The molecule has 1 N–H and O–H groups in total. The van der Waals surface area contributed by atoms with Gasteiger partial charge in [0.1, 0.15) is 18.0 Å². The predicted octanol–water partition coefficient (Wildman–Crippen LogP) is 1.74. The molecule has 24 heavy (non-hydrogen) atoms. The molecular formula is C18H19N3O3. The topological polar surface area (TPSA) is 73.3 Å². The fourth-order valence-electron chi connectivity index (χ4n) is 3.15. The lowest BCUT2D eigenvalue weighted by molar-refractivity contribution is -0.130. The van der Waals surface area contributed by atoms with Crippen molar-refractivity contribution in [2.75, 3.05) is 13.2 Å². The quantitative estimate of drug-likeness (QED) is 0.927. The first kappa shape index (κ1) is 15.1. The Morgan fingerprint density at radius 2 is 2.29 bits per heavy atom. The van der Waals surface area contributed by atoms with Gasteiger partial charge in [0.25, 0.3) is 0 Å². The lowest BCUT2D eigenvalue weighted by Crippen LogP contribution is -2.40. The summed E-state index contributed by atoms with van der Waals surface area (Å²) in [7, 11) is 0. The van der Waals surface area contributed by atoms with Crippen LogP contribution in [0.2, 0.25) is 0 Å². The van der Waals surface area contributed by atoms with Crippen molar-refractivity contribution in [1.82, 2.24) is 15.3 Å². The van der Waals surface area contributed by atoms with Crippen LogP contribution in [0.1, 0.15) is 18.4 Å². The van der Waals surface area contributed by atoms with Gasteiger partial charge in [-0.2, -0.15) is 0 Å². The van der Waals surface area contributed by atoms with Gasteiger partial charge in [0.15, 0.2) is 0 Å². The highest BCUT2D eigenvalue weighted by atomic mass is 16.5. The molecule has 0 spiro atoms. The van der Waals surface area contributed by atoms with Crippen LogP contribution in [0.25, 0.3) is 11.3 Å². The van der Waals surface area contributed by atoms with Gasteiger partial charge in [0.2, 0.25) is 5.91 Å². The summed E-state index contributed by atoms with van der Waals surface area (Å²) in [5.41, 5.74) is 3.00. The van der Waals surface area contributed by atoms with E-state index in [-0.39, 0.29) is 18.1 Å². The van der Waals surface area contributed by atoms with Crippen molar-refractivity contribution < 1.29 is 14.3 Å². The van der Waals surface area contributed by atoms with E-state index >= 15 is 0 Å². The molecule has 3 heterocycles. The molecule has 1 amide bonds. The monoisotopic (exact) mass is 325 g/mol. The van der Waals surface area contributed by atoms with E-state index < -0.39 is 0 Å². The van der Waals surface area contributed by atoms with Gasteiger partial charge < -0.3 is 14.8 Å². The molecule has 0 radical (unpaired) electrons. The van der Waals surface area contributed by atoms with Crippen LogP contribution < -0.4 is 10.1 Å². The first-order valence-electron chi connectivity index (χ1n) is 8.25. The molecule has 1 fully saturated rings. The largest absolute Gasteiger partial charge is 0.488 e. The normalized spacial score (nSPS) is 22.0. The van der Waals surface area contributed by atoms with E-state index in [1.807, 2.05) is 12.1 Å². The van der Waals surface area contributed by atoms with Gasteiger partial charge >= 0.3 is 0 Å². The average Bonchev–Trinajstić information content (AvgIpc) is 3.29. The summed E-state index contributed by atoms with van der Waals surface area (Å²) in [6, 6.07) is 6.03. The lowest BCUT2D eigenvalue weighted by atomic mass is 10.0. The highest BCUT2D eigenvalue weighted by Crippen LogP contribution is 2.32. The number of carbonyl (C=O) groups excluding carboxylic acids is 1. The number of hydrogen-bond acceptors (Lipinski definition) is 5. The first-order valence-corrected chi connectivity index (χ1v) is 8.25. The molecule has 6 nitrogen and oxygen atoms in total. The molecule has 0 aliphatic carbocycles. The molecule has 124 valence electrons. The minimum Gasteiger partial charge on any atom is -0.488 e. The summed E-state index contributed by atoms with van der Waals surface area (Å²) in [4.78, 5) is 20.4. The number of benzene rings is 1. The van der Waals surface area contributed by atoms with Crippen molar-refractivity contribution in [2.45, 2.75) is 31.5 Å². The molecule has 0 unspecified atom stereocenters. The van der Waals surface area contributed by atoms with Crippen LogP contribution in [0.5, 0.6) is 5.75 Å². The zero-order valence-electron chi connectivity index (χ0n) is 13.3. The third-order valence-electron chi connectivity index (χ3n) is 4.39. The Bertz CT molecular complexity index is 730. The predicted molar refractivity (Wildman–Crippen MR) is 87.6 cm³/mol. The molecule has 1 aromatic carbocycles. The Balaban J connectivity index is 1.38. The molecule has 0 bridgehead atoms. The Hall–Kier alpha value is -2.47. The van der Waals surface area contributed by atoms with Crippen molar-refractivity contribution in [3.05, 3.63) is 42.4 Å². The number of rotatable bonds is 4. The van der Waals surface area contributed by atoms with Crippen molar-refractivity contribution >= 4 is 5.91 Å². The second-order valence-corrected chi connectivity index (χ2v) is 6.10. The molecule has 2 atom stereocenters. The standard InChI is InChI=1S/C18H19N3O3/c22-18(17-2-1-7-23-17)21-10-14-9-13-8-12(3-4-16(13)24-14)15-11-19-5-6-20-15/h3-6,8,11,14,17H,1-2,7,9-10H2,(H,21,22)/t14-,17+/m1/s1. The first-order chi connectivity index (χ1) is 11.8. The second kappa shape index (κ2) is 6.57. The fourth-order valence-corrected chi connectivity index (χ4v) is 3.15. The number of fused-ring (bicyclic) bond motifs is 1. The Kier molecular flexibility index (Phi) is 4.13. The molecule has 4 rings (SSSR count). The summed E-state index contributed by atoms with van der Waals surface area (Å²) in [5.74, 6) is 0.839. The number of nitrogens with one attached hydrogen (secondary N) is 1. The summed E-state index contributed by atoms with van der Waals surface area (Å²) in [6.07, 6.45) is 7.29. The number of hydrogen-bond donors (Lipinski definition) is 1. The number of carbonyl (C=O) groups is 1. The summed E-state index contributed by atoms with van der Waals surface area (Å²) < 4.78 is 11.3. The maximum absolute atomic E-state index is 12.0. The van der Waals surface area contributed by atoms with Gasteiger partial charge in [-0.1, -0.05) is 0 Å². The van der Waals surface area contributed by atoms with Gasteiger partial charge in [-0.25, -0.2) is 0 Å². The van der Waals surface area contributed by atoms with Crippen molar-refractivity contribution in [3.63, 3.8) is 0 Å². The van der Waals surface area contributed by atoms with E-state index in [0.717, 1.165) is 41.8 Å². The minimum absolute atomic E-state index is 0.0349. The Morgan fingerprint density at radius 1 is 1.33 bits per heavy atom. The maximum atomic E-state index is 12.0. The van der Waals surface area contributed by atoms with Crippen LogP contribution in [0.4, 0.5) is 0 Å². The highest BCUT2D eigenvalue weighted by molar-refractivity contribution is 5.81. The third kappa shape index (κ3) is 3.10. The van der Waals surface area contributed by atoms with E-state index in [0.29, 0.717) is 13.2 Å². The smallest absolute Gasteiger partial charge is 0.249 e. The molecule has 0 saturated carbocycles. The molecule has 2 aromatic rings. The molecule has 2 aliphatic heterocycles. The van der Waals surface area contributed by atoms with Crippen molar-refractivity contribution in [1.29, 1.82) is 0 Å². The summed E-state index contributed by atoms with van der Waals surface area (Å²) >= 11 is 0. The average molecular weight is 325 g/mol. The Labute approximate surface area is 140 Å². The maximum Gasteiger partial charge on any atom is 0.249 e. The number of amides is 1. The van der Waals surface area contributed by atoms with E-state index in [1.54, 1.807) is 18.6 Å². The number of nitrogens with zero attached hydrogens (tertiary/aromatic N) is 2. The van der Waals surface area contributed by atoms with Crippen LogP contribution in [0.3, 0.4) is 0 Å². The lowest BCUT2D eigenvalue weighted by Gasteiger charge is -2.14. The molecule has 2 aliphatic rings. The van der Waals surface area contributed by atoms with E-state index in [2.05, 4.69) is 21.4 Å². The van der Waals surface area contributed by atoms with Crippen LogP contribution in [0, 0.1) is 0 Å². The molecule has 6 heteroatoms. The second-order valence-electron chi connectivity index (χ2n) is 6.10. The molecule has 1 saturated heterocycles. The van der Waals surface area contributed by atoms with Gasteiger partial charge in [-0.05, 0) is 36.6 Å². The third-order valence-corrected chi connectivity index (χ3v) is 4.39. The van der Waals surface area contributed by atoms with Gasteiger partial charge in [-0.3, -0.25) is 14.8 Å². The van der Waals surface area contributed by atoms with Gasteiger partial charge in [-0.15, -0.1) is 0 Å². The van der Waals surface area contributed by atoms with Crippen LogP contribution in [-0.4, -0.2) is 41.2 Å². The van der Waals surface area contributed by atoms with Crippen molar-refractivity contribution in [2.24, 2.45) is 0 Å². The zero-order valence-corrected chi connectivity index (χ0v) is 13.3. The van der Waals surface area contributed by atoms with Crippen LogP contribution in [-0.2, 0) is 16.0 Å². The van der Waals surface area contributed by atoms with Crippen LogP contribution >= 0.6 is 0 Å². The Morgan fingerprint density at radius 3 is 3.08 bits per heavy atom.